The number of carboxylic acid groups (broad SMARTS) is 1. The molecule has 6 heteroatoms. The molecular formula is C13H15BrClNO3. The number of amides is 1. The van der Waals surface area contributed by atoms with Gasteiger partial charge in [0, 0.05) is 10.5 Å². The van der Waals surface area contributed by atoms with Crippen LogP contribution < -0.4 is 5.32 Å². The Morgan fingerprint density at radius 2 is 2.05 bits per heavy atom. The summed E-state index contributed by atoms with van der Waals surface area (Å²) < 4.78 is 0.778. The molecule has 0 bridgehead atoms. The van der Waals surface area contributed by atoms with E-state index >= 15 is 0 Å². The normalized spacial score (nSPS) is 12.3. The molecule has 2 N–H and O–H groups in total. The minimum absolute atomic E-state index is 0.0225. The summed E-state index contributed by atoms with van der Waals surface area (Å²) in [5.74, 6) is -1.28. The second-order valence-corrected chi connectivity index (χ2v) is 5.87. The Labute approximate surface area is 125 Å². The van der Waals surface area contributed by atoms with Crippen LogP contribution in [0.5, 0.6) is 0 Å². The summed E-state index contributed by atoms with van der Waals surface area (Å²) >= 11 is 9.24. The Hall–Kier alpha value is -1.07. The molecule has 0 aliphatic heterocycles. The van der Waals surface area contributed by atoms with Gasteiger partial charge in [-0.2, -0.15) is 0 Å². The van der Waals surface area contributed by atoms with E-state index in [-0.39, 0.29) is 18.2 Å². The Balaban J connectivity index is 2.84. The van der Waals surface area contributed by atoms with Crippen molar-refractivity contribution >= 4 is 39.4 Å². The first-order valence-electron chi connectivity index (χ1n) is 5.79. The van der Waals surface area contributed by atoms with E-state index in [4.69, 9.17) is 16.7 Å². The van der Waals surface area contributed by atoms with E-state index in [2.05, 4.69) is 21.2 Å². The average Bonchev–Trinajstić information content (AvgIpc) is 2.26. The molecule has 104 valence electrons. The number of aliphatic carboxylic acids is 1. The summed E-state index contributed by atoms with van der Waals surface area (Å²) in [6.45, 7) is 3.72. The van der Waals surface area contributed by atoms with Gasteiger partial charge in [-0.25, -0.2) is 0 Å². The molecule has 4 nitrogen and oxygen atoms in total. The molecule has 19 heavy (non-hydrogen) atoms. The van der Waals surface area contributed by atoms with Gasteiger partial charge in [0.05, 0.1) is 17.0 Å². The van der Waals surface area contributed by atoms with Crippen LogP contribution in [0.3, 0.4) is 0 Å². The summed E-state index contributed by atoms with van der Waals surface area (Å²) in [4.78, 5) is 22.8. The molecule has 0 aromatic heterocycles. The van der Waals surface area contributed by atoms with Crippen molar-refractivity contribution in [3.8, 4) is 0 Å². The van der Waals surface area contributed by atoms with Crippen molar-refractivity contribution in [2.45, 2.75) is 26.3 Å². The smallest absolute Gasteiger partial charge is 0.305 e. The Morgan fingerprint density at radius 1 is 1.42 bits per heavy atom. The fourth-order valence-corrected chi connectivity index (χ4v) is 2.32. The number of carbonyl (C=O) groups excluding carboxylic acids is 1. The van der Waals surface area contributed by atoms with E-state index in [0.29, 0.717) is 10.6 Å². The lowest BCUT2D eigenvalue weighted by atomic mass is 10.0. The second kappa shape index (κ2) is 6.91. The first kappa shape index (κ1) is 16.0. The Morgan fingerprint density at radius 3 is 2.53 bits per heavy atom. The highest BCUT2D eigenvalue weighted by molar-refractivity contribution is 9.10. The van der Waals surface area contributed by atoms with Gasteiger partial charge in [0.15, 0.2) is 0 Å². The molecule has 1 aromatic carbocycles. The van der Waals surface area contributed by atoms with Crippen LogP contribution in [-0.4, -0.2) is 23.0 Å². The standard InChI is InChI=1S/C13H15BrClNO3/c1-7(2)11(6-12(17)18)16-13(19)9-4-3-8(14)5-10(9)15/h3-5,7,11H,6H2,1-2H3,(H,16,19)(H,17,18). The summed E-state index contributed by atoms with van der Waals surface area (Å²) in [7, 11) is 0. The van der Waals surface area contributed by atoms with Crippen LogP contribution in [0.2, 0.25) is 5.02 Å². The van der Waals surface area contributed by atoms with Crippen LogP contribution in [0.15, 0.2) is 22.7 Å². The van der Waals surface area contributed by atoms with Crippen molar-refractivity contribution in [1.29, 1.82) is 0 Å². The number of rotatable bonds is 5. The van der Waals surface area contributed by atoms with Crippen molar-refractivity contribution in [1.82, 2.24) is 5.32 Å². The van der Waals surface area contributed by atoms with Gasteiger partial charge in [-0.1, -0.05) is 41.4 Å². The predicted molar refractivity (Wildman–Crippen MR) is 77.5 cm³/mol. The van der Waals surface area contributed by atoms with Crippen LogP contribution >= 0.6 is 27.5 Å². The minimum atomic E-state index is -0.944. The van der Waals surface area contributed by atoms with Crippen LogP contribution in [0.4, 0.5) is 0 Å². The summed E-state index contributed by atoms with van der Waals surface area (Å²) in [6.07, 6.45) is -0.114. The van der Waals surface area contributed by atoms with Crippen LogP contribution in [-0.2, 0) is 4.79 Å². The largest absolute Gasteiger partial charge is 0.481 e. The minimum Gasteiger partial charge on any atom is -0.481 e. The first-order chi connectivity index (χ1) is 8.81. The zero-order chi connectivity index (χ0) is 14.6. The molecule has 0 aliphatic carbocycles. The first-order valence-corrected chi connectivity index (χ1v) is 6.96. The topological polar surface area (TPSA) is 66.4 Å². The van der Waals surface area contributed by atoms with Gasteiger partial charge in [0.25, 0.3) is 5.91 Å². The SMILES string of the molecule is CC(C)C(CC(=O)O)NC(=O)c1ccc(Br)cc1Cl. The number of hydrogen-bond acceptors (Lipinski definition) is 2. The lowest BCUT2D eigenvalue weighted by Gasteiger charge is -2.20. The molecule has 1 aromatic rings. The molecule has 0 fully saturated rings. The highest BCUT2D eigenvalue weighted by Gasteiger charge is 2.21. The van der Waals surface area contributed by atoms with Crippen molar-refractivity contribution in [2.24, 2.45) is 5.92 Å². The number of carbonyl (C=O) groups is 2. The van der Waals surface area contributed by atoms with Gasteiger partial charge in [0.2, 0.25) is 0 Å². The molecule has 0 aliphatic rings. The molecule has 1 rings (SSSR count). The zero-order valence-electron chi connectivity index (χ0n) is 10.6. The average molecular weight is 349 g/mol. The van der Waals surface area contributed by atoms with E-state index in [0.717, 1.165) is 4.47 Å². The maximum atomic E-state index is 12.1. The van der Waals surface area contributed by atoms with E-state index in [1.165, 1.54) is 0 Å². The molecule has 1 amide bonds. The molecule has 0 radical (unpaired) electrons. The van der Waals surface area contributed by atoms with Gasteiger partial charge in [-0.15, -0.1) is 0 Å². The molecule has 0 saturated carbocycles. The van der Waals surface area contributed by atoms with Gasteiger partial charge in [-0.05, 0) is 24.1 Å². The summed E-state index contributed by atoms with van der Waals surface area (Å²) in [6, 6.07) is 4.50. The maximum Gasteiger partial charge on any atom is 0.305 e. The third-order valence-corrected chi connectivity index (χ3v) is 3.50. The van der Waals surface area contributed by atoms with E-state index < -0.39 is 12.0 Å². The van der Waals surface area contributed by atoms with E-state index in [9.17, 15) is 9.59 Å². The summed E-state index contributed by atoms with van der Waals surface area (Å²) in [5.41, 5.74) is 0.334. The molecule has 0 saturated heterocycles. The predicted octanol–water partition coefficient (Wildman–Crippen LogP) is 3.33. The van der Waals surface area contributed by atoms with Gasteiger partial charge in [-0.3, -0.25) is 9.59 Å². The second-order valence-electron chi connectivity index (χ2n) is 4.55. The molecule has 0 heterocycles. The fraction of sp³-hybridized carbons (Fsp3) is 0.385. The van der Waals surface area contributed by atoms with Crippen molar-refractivity contribution < 1.29 is 14.7 Å². The highest BCUT2D eigenvalue weighted by atomic mass is 79.9. The van der Waals surface area contributed by atoms with Crippen LogP contribution in [0.25, 0.3) is 0 Å². The lowest BCUT2D eigenvalue weighted by molar-refractivity contribution is -0.137. The number of carboxylic acids is 1. The lowest BCUT2D eigenvalue weighted by Crippen LogP contribution is -2.40. The number of halogens is 2. The molecule has 0 spiro atoms. The molecular weight excluding hydrogens is 334 g/mol. The third-order valence-electron chi connectivity index (χ3n) is 2.69. The van der Waals surface area contributed by atoms with E-state index in [1.807, 2.05) is 13.8 Å². The Kier molecular flexibility index (Phi) is 5.82. The van der Waals surface area contributed by atoms with Gasteiger partial charge >= 0.3 is 5.97 Å². The van der Waals surface area contributed by atoms with Crippen LogP contribution in [0.1, 0.15) is 30.6 Å². The number of nitrogens with one attached hydrogen (secondary N) is 1. The monoisotopic (exact) mass is 347 g/mol. The third kappa shape index (κ3) is 4.84. The van der Waals surface area contributed by atoms with Crippen molar-refractivity contribution in [3.05, 3.63) is 33.3 Å². The highest BCUT2D eigenvalue weighted by Crippen LogP contribution is 2.21. The number of benzene rings is 1. The molecule has 1 atom stereocenters. The maximum absolute atomic E-state index is 12.1. The van der Waals surface area contributed by atoms with Gasteiger partial charge < -0.3 is 10.4 Å². The van der Waals surface area contributed by atoms with Crippen molar-refractivity contribution in [2.75, 3.05) is 0 Å². The summed E-state index contributed by atoms with van der Waals surface area (Å²) in [5, 5.41) is 11.9. The Bertz CT molecular complexity index is 491. The quantitative estimate of drug-likeness (QED) is 0.857. The molecule has 1 unspecified atom stereocenters. The zero-order valence-corrected chi connectivity index (χ0v) is 13.0. The van der Waals surface area contributed by atoms with E-state index in [1.54, 1.807) is 18.2 Å². The van der Waals surface area contributed by atoms with Crippen molar-refractivity contribution in [3.63, 3.8) is 0 Å². The van der Waals surface area contributed by atoms with Gasteiger partial charge in [0.1, 0.15) is 0 Å². The number of hydrogen-bond donors (Lipinski definition) is 2. The van der Waals surface area contributed by atoms with Crippen LogP contribution in [0, 0.1) is 5.92 Å². The fourth-order valence-electron chi connectivity index (χ4n) is 1.56.